The van der Waals surface area contributed by atoms with Gasteiger partial charge in [0, 0.05) is 6.20 Å². The smallest absolute Gasteiger partial charge is 0.200 e. The number of carbonyl (C=O) groups excluding carboxylic acids is 1. The molecule has 0 fully saturated rings. The molecule has 2 N–H and O–H groups in total. The van der Waals surface area contributed by atoms with Crippen molar-refractivity contribution in [2.75, 3.05) is 5.73 Å². The van der Waals surface area contributed by atoms with E-state index < -0.39 is 0 Å². The van der Waals surface area contributed by atoms with Crippen molar-refractivity contribution >= 4 is 11.6 Å². The molecule has 0 unspecified atom stereocenters. The van der Waals surface area contributed by atoms with Crippen molar-refractivity contribution in [1.82, 2.24) is 4.98 Å². The molecule has 0 aromatic carbocycles. The average Bonchev–Trinajstić information content (AvgIpc) is 2.64. The lowest BCUT2D eigenvalue weighted by atomic mass is 10.1. The summed E-state index contributed by atoms with van der Waals surface area (Å²) in [7, 11) is 0. The standard InChI is InChI=1S/C11H10N2O2/c1-7-8(4-6-15-7)10(14)9-3-2-5-13-11(9)12/h2-6H,1H3,(H2,12,13). The highest BCUT2D eigenvalue weighted by Gasteiger charge is 2.16. The van der Waals surface area contributed by atoms with Gasteiger partial charge in [0.2, 0.25) is 0 Å². The third-order valence-electron chi connectivity index (χ3n) is 2.19. The number of hydrogen-bond donors (Lipinski definition) is 1. The largest absolute Gasteiger partial charge is 0.469 e. The third-order valence-corrected chi connectivity index (χ3v) is 2.19. The van der Waals surface area contributed by atoms with Crippen molar-refractivity contribution in [1.29, 1.82) is 0 Å². The van der Waals surface area contributed by atoms with Crippen LogP contribution in [0.15, 0.2) is 35.1 Å². The second-order valence-corrected chi connectivity index (χ2v) is 3.16. The highest BCUT2D eigenvalue weighted by atomic mass is 16.3. The van der Waals surface area contributed by atoms with Gasteiger partial charge in [0.1, 0.15) is 11.6 Å². The highest BCUT2D eigenvalue weighted by molar-refractivity contribution is 6.12. The molecule has 4 heteroatoms. The molecular formula is C11H10N2O2. The van der Waals surface area contributed by atoms with Crippen molar-refractivity contribution in [3.8, 4) is 0 Å². The number of aromatic nitrogens is 1. The van der Waals surface area contributed by atoms with E-state index in [1.165, 1.54) is 6.26 Å². The minimum Gasteiger partial charge on any atom is -0.469 e. The summed E-state index contributed by atoms with van der Waals surface area (Å²) in [5, 5.41) is 0. The number of rotatable bonds is 2. The molecule has 0 bridgehead atoms. The molecule has 2 rings (SSSR count). The molecule has 2 aromatic rings. The average molecular weight is 202 g/mol. The van der Waals surface area contributed by atoms with Crippen LogP contribution in [0, 0.1) is 6.92 Å². The summed E-state index contributed by atoms with van der Waals surface area (Å²) in [6, 6.07) is 4.96. The van der Waals surface area contributed by atoms with Gasteiger partial charge in [-0.1, -0.05) is 0 Å². The zero-order chi connectivity index (χ0) is 10.8. The van der Waals surface area contributed by atoms with E-state index >= 15 is 0 Å². The number of nitrogen functional groups attached to an aromatic ring is 1. The van der Waals surface area contributed by atoms with Crippen LogP contribution in [0.3, 0.4) is 0 Å². The first-order chi connectivity index (χ1) is 7.20. The van der Waals surface area contributed by atoms with Gasteiger partial charge < -0.3 is 10.2 Å². The fraction of sp³-hybridized carbons (Fsp3) is 0.0909. The van der Waals surface area contributed by atoms with Gasteiger partial charge in [-0.3, -0.25) is 4.79 Å². The van der Waals surface area contributed by atoms with Gasteiger partial charge in [-0.2, -0.15) is 0 Å². The second-order valence-electron chi connectivity index (χ2n) is 3.16. The summed E-state index contributed by atoms with van der Waals surface area (Å²) >= 11 is 0. The van der Waals surface area contributed by atoms with E-state index in [1.54, 1.807) is 31.3 Å². The van der Waals surface area contributed by atoms with Crippen molar-refractivity contribution in [2.45, 2.75) is 6.92 Å². The number of nitrogens with two attached hydrogens (primary N) is 1. The molecule has 2 aromatic heterocycles. The maximum atomic E-state index is 12.0. The monoisotopic (exact) mass is 202 g/mol. The molecule has 0 amide bonds. The predicted molar refractivity (Wildman–Crippen MR) is 55.5 cm³/mol. The fourth-order valence-corrected chi connectivity index (χ4v) is 1.38. The van der Waals surface area contributed by atoms with Crippen LogP contribution in [-0.4, -0.2) is 10.8 Å². The Morgan fingerprint density at radius 1 is 1.40 bits per heavy atom. The minimum absolute atomic E-state index is 0.160. The molecule has 0 saturated carbocycles. The lowest BCUT2D eigenvalue weighted by molar-refractivity contribution is 0.103. The quantitative estimate of drug-likeness (QED) is 0.754. The van der Waals surface area contributed by atoms with E-state index in [0.717, 1.165) is 0 Å². The summed E-state index contributed by atoms with van der Waals surface area (Å²) in [6.07, 6.45) is 3.03. The first-order valence-electron chi connectivity index (χ1n) is 4.49. The second kappa shape index (κ2) is 3.57. The number of nitrogens with zero attached hydrogens (tertiary/aromatic N) is 1. The molecule has 0 spiro atoms. The van der Waals surface area contributed by atoms with E-state index in [4.69, 9.17) is 10.2 Å². The van der Waals surface area contributed by atoms with E-state index in [1.807, 2.05) is 0 Å². The molecule has 0 saturated heterocycles. The molecule has 0 aliphatic rings. The van der Waals surface area contributed by atoms with Crippen LogP contribution in [0.5, 0.6) is 0 Å². The van der Waals surface area contributed by atoms with Crippen molar-refractivity contribution in [3.05, 3.63) is 47.5 Å². The van der Waals surface area contributed by atoms with E-state index in [0.29, 0.717) is 16.9 Å². The number of aryl methyl sites for hydroxylation is 1. The maximum Gasteiger partial charge on any atom is 0.200 e. The van der Waals surface area contributed by atoms with Crippen molar-refractivity contribution in [3.63, 3.8) is 0 Å². The number of furan rings is 1. The van der Waals surface area contributed by atoms with Gasteiger partial charge in [-0.25, -0.2) is 4.98 Å². The fourth-order valence-electron chi connectivity index (χ4n) is 1.38. The lowest BCUT2D eigenvalue weighted by Crippen LogP contribution is -2.06. The summed E-state index contributed by atoms with van der Waals surface area (Å²) in [6.45, 7) is 1.74. The maximum absolute atomic E-state index is 12.0. The van der Waals surface area contributed by atoms with Gasteiger partial charge in [-0.15, -0.1) is 0 Å². The topological polar surface area (TPSA) is 69.1 Å². The Morgan fingerprint density at radius 3 is 2.80 bits per heavy atom. The van der Waals surface area contributed by atoms with Gasteiger partial charge in [0.05, 0.1) is 17.4 Å². The summed E-state index contributed by atoms with van der Waals surface area (Å²) in [4.78, 5) is 15.8. The molecule has 4 nitrogen and oxygen atoms in total. The van der Waals surface area contributed by atoms with Crippen LogP contribution >= 0.6 is 0 Å². The molecule has 0 atom stereocenters. The zero-order valence-electron chi connectivity index (χ0n) is 8.23. The summed E-state index contributed by atoms with van der Waals surface area (Å²) in [5.74, 6) is 0.665. The van der Waals surface area contributed by atoms with Crippen LogP contribution in [0.1, 0.15) is 21.7 Å². The Labute approximate surface area is 86.7 Å². The summed E-state index contributed by atoms with van der Waals surface area (Å²) in [5.41, 5.74) is 6.54. The Kier molecular flexibility index (Phi) is 2.25. The lowest BCUT2D eigenvalue weighted by Gasteiger charge is -2.01. The SMILES string of the molecule is Cc1occc1C(=O)c1cccnc1N. The van der Waals surface area contributed by atoms with Crippen LogP contribution in [-0.2, 0) is 0 Å². The zero-order valence-corrected chi connectivity index (χ0v) is 8.23. The normalized spacial score (nSPS) is 10.2. The Hall–Kier alpha value is -2.10. The number of hydrogen-bond acceptors (Lipinski definition) is 4. The Balaban J connectivity index is 2.46. The van der Waals surface area contributed by atoms with E-state index in [9.17, 15) is 4.79 Å². The number of anilines is 1. The number of carbonyl (C=O) groups is 1. The van der Waals surface area contributed by atoms with Gasteiger partial charge in [0.15, 0.2) is 5.78 Å². The van der Waals surface area contributed by atoms with E-state index in [2.05, 4.69) is 4.98 Å². The van der Waals surface area contributed by atoms with Crippen LogP contribution < -0.4 is 5.73 Å². The molecule has 0 aliphatic heterocycles. The molecule has 2 heterocycles. The molecule has 0 radical (unpaired) electrons. The van der Waals surface area contributed by atoms with Gasteiger partial charge in [0.25, 0.3) is 0 Å². The van der Waals surface area contributed by atoms with E-state index in [-0.39, 0.29) is 11.6 Å². The third kappa shape index (κ3) is 1.61. The molecule has 15 heavy (non-hydrogen) atoms. The van der Waals surface area contributed by atoms with Gasteiger partial charge in [-0.05, 0) is 25.1 Å². The first-order valence-corrected chi connectivity index (χ1v) is 4.49. The first kappa shape index (κ1) is 9.45. The number of pyridine rings is 1. The highest BCUT2D eigenvalue weighted by Crippen LogP contribution is 2.17. The molecule has 0 aliphatic carbocycles. The van der Waals surface area contributed by atoms with Crippen LogP contribution in [0.4, 0.5) is 5.82 Å². The van der Waals surface area contributed by atoms with Crippen molar-refractivity contribution in [2.24, 2.45) is 0 Å². The predicted octanol–water partition coefficient (Wildman–Crippen LogP) is 1.80. The molecular weight excluding hydrogens is 192 g/mol. The Morgan fingerprint density at radius 2 is 2.20 bits per heavy atom. The van der Waals surface area contributed by atoms with Crippen LogP contribution in [0.2, 0.25) is 0 Å². The molecule has 76 valence electrons. The Bertz CT molecular complexity index is 503. The van der Waals surface area contributed by atoms with Crippen LogP contribution in [0.25, 0.3) is 0 Å². The number of ketones is 1. The minimum atomic E-state index is -0.160. The van der Waals surface area contributed by atoms with Gasteiger partial charge >= 0.3 is 0 Å². The van der Waals surface area contributed by atoms with Crippen molar-refractivity contribution < 1.29 is 9.21 Å². The summed E-state index contributed by atoms with van der Waals surface area (Å²) < 4.78 is 5.06.